The van der Waals surface area contributed by atoms with E-state index in [1.54, 1.807) is 0 Å². The van der Waals surface area contributed by atoms with E-state index >= 15 is 0 Å². The lowest BCUT2D eigenvalue weighted by atomic mass is 10.2. The van der Waals surface area contributed by atoms with Gasteiger partial charge in [0.1, 0.15) is 5.82 Å². The average molecular weight is 360 g/mol. The number of benzene rings is 1. The summed E-state index contributed by atoms with van der Waals surface area (Å²) in [5.41, 5.74) is 5.15. The fraction of sp³-hybridized carbons (Fsp3) is 0.0769. The van der Waals surface area contributed by atoms with Gasteiger partial charge in [-0.3, -0.25) is 4.79 Å². The van der Waals surface area contributed by atoms with Gasteiger partial charge in [0, 0.05) is 16.4 Å². The maximum atomic E-state index is 12.4. The molecule has 0 fully saturated rings. The number of halogens is 4. The van der Waals surface area contributed by atoms with Gasteiger partial charge in [-0.1, -0.05) is 0 Å². The van der Waals surface area contributed by atoms with Gasteiger partial charge in [-0.25, -0.2) is 4.98 Å². The molecule has 110 valence electrons. The molecule has 0 saturated heterocycles. The number of anilines is 2. The second kappa shape index (κ2) is 5.72. The molecule has 2 aromatic rings. The number of rotatable bonds is 2. The van der Waals surface area contributed by atoms with E-state index in [0.717, 1.165) is 12.1 Å². The van der Waals surface area contributed by atoms with Crippen molar-refractivity contribution in [2.75, 3.05) is 11.1 Å². The zero-order valence-electron chi connectivity index (χ0n) is 10.4. The van der Waals surface area contributed by atoms with Crippen LogP contribution in [-0.2, 0) is 6.18 Å². The van der Waals surface area contributed by atoms with E-state index in [4.69, 9.17) is 5.73 Å². The number of carbonyl (C=O) groups excluding carboxylic acids is 1. The van der Waals surface area contributed by atoms with Crippen LogP contribution in [0.25, 0.3) is 0 Å². The second-order valence-corrected chi connectivity index (χ2v) is 5.03. The lowest BCUT2D eigenvalue weighted by Gasteiger charge is -2.09. The van der Waals surface area contributed by atoms with E-state index in [-0.39, 0.29) is 17.1 Å². The second-order valence-electron chi connectivity index (χ2n) is 4.12. The number of nitrogen functional groups attached to an aromatic ring is 1. The summed E-state index contributed by atoms with van der Waals surface area (Å²) in [7, 11) is 0. The number of amides is 1. The highest BCUT2D eigenvalue weighted by Gasteiger charge is 2.30. The Kier molecular flexibility index (Phi) is 4.17. The summed E-state index contributed by atoms with van der Waals surface area (Å²) in [4.78, 5) is 15.8. The quantitative estimate of drug-likeness (QED) is 0.858. The van der Waals surface area contributed by atoms with Crippen LogP contribution in [0.1, 0.15) is 15.9 Å². The van der Waals surface area contributed by atoms with E-state index in [1.807, 2.05) is 0 Å². The standard InChI is InChI=1S/C13H9BrF3N3O/c14-8-5-10(11(18)19-6-8)12(21)20-9-3-1-7(2-4-9)13(15,16)17/h1-6H,(H2,18,19)(H,20,21). The number of hydrogen-bond donors (Lipinski definition) is 2. The molecule has 0 unspecified atom stereocenters. The summed E-state index contributed by atoms with van der Waals surface area (Å²) >= 11 is 3.16. The van der Waals surface area contributed by atoms with Crippen LogP contribution in [0, 0.1) is 0 Å². The van der Waals surface area contributed by atoms with E-state index in [0.29, 0.717) is 4.47 Å². The minimum atomic E-state index is -4.42. The third kappa shape index (κ3) is 3.72. The number of nitrogens with one attached hydrogen (secondary N) is 1. The van der Waals surface area contributed by atoms with Gasteiger partial charge in [-0.05, 0) is 46.3 Å². The topological polar surface area (TPSA) is 68.0 Å². The molecule has 0 radical (unpaired) electrons. The highest BCUT2D eigenvalue weighted by Crippen LogP contribution is 2.30. The van der Waals surface area contributed by atoms with Gasteiger partial charge in [0.25, 0.3) is 5.91 Å². The molecule has 0 spiro atoms. The highest BCUT2D eigenvalue weighted by atomic mass is 79.9. The Hall–Kier alpha value is -2.09. The SMILES string of the molecule is Nc1ncc(Br)cc1C(=O)Nc1ccc(C(F)(F)F)cc1. The number of carbonyl (C=O) groups is 1. The van der Waals surface area contributed by atoms with Gasteiger partial charge in [0.05, 0.1) is 11.1 Å². The van der Waals surface area contributed by atoms with Crippen molar-refractivity contribution in [3.8, 4) is 0 Å². The lowest BCUT2D eigenvalue weighted by molar-refractivity contribution is -0.137. The highest BCUT2D eigenvalue weighted by molar-refractivity contribution is 9.10. The molecule has 0 aliphatic rings. The first-order valence-electron chi connectivity index (χ1n) is 5.67. The van der Waals surface area contributed by atoms with Crippen LogP contribution < -0.4 is 11.1 Å². The van der Waals surface area contributed by atoms with Crippen molar-refractivity contribution in [2.24, 2.45) is 0 Å². The van der Waals surface area contributed by atoms with Crippen LogP contribution >= 0.6 is 15.9 Å². The Morgan fingerprint density at radius 3 is 2.43 bits per heavy atom. The summed E-state index contributed by atoms with van der Waals surface area (Å²) in [6, 6.07) is 5.59. The molecule has 0 bridgehead atoms. The van der Waals surface area contributed by atoms with Gasteiger partial charge in [-0.2, -0.15) is 13.2 Å². The molecule has 1 aromatic heterocycles. The molecule has 0 aliphatic carbocycles. The molecule has 1 amide bonds. The predicted molar refractivity (Wildman–Crippen MR) is 75.7 cm³/mol. The first-order chi connectivity index (χ1) is 9.77. The zero-order chi connectivity index (χ0) is 15.6. The van der Waals surface area contributed by atoms with Crippen LogP contribution in [0.4, 0.5) is 24.7 Å². The summed E-state index contributed by atoms with van der Waals surface area (Å²) in [6.45, 7) is 0. The number of nitrogens with two attached hydrogens (primary N) is 1. The monoisotopic (exact) mass is 359 g/mol. The fourth-order valence-corrected chi connectivity index (χ4v) is 1.90. The van der Waals surface area contributed by atoms with Crippen molar-refractivity contribution >= 4 is 33.3 Å². The number of nitrogens with zero attached hydrogens (tertiary/aromatic N) is 1. The van der Waals surface area contributed by atoms with Crippen molar-refractivity contribution in [1.29, 1.82) is 0 Å². The van der Waals surface area contributed by atoms with Gasteiger partial charge in [0.15, 0.2) is 0 Å². The maximum Gasteiger partial charge on any atom is 0.416 e. The molecule has 1 aromatic carbocycles. The number of alkyl halides is 3. The summed E-state index contributed by atoms with van der Waals surface area (Å²) in [5, 5.41) is 2.46. The molecular formula is C13H9BrF3N3O. The van der Waals surface area contributed by atoms with E-state index in [9.17, 15) is 18.0 Å². The third-order valence-electron chi connectivity index (χ3n) is 2.60. The van der Waals surface area contributed by atoms with Gasteiger partial charge < -0.3 is 11.1 Å². The molecule has 0 saturated carbocycles. The van der Waals surface area contributed by atoms with Crippen molar-refractivity contribution in [1.82, 2.24) is 4.98 Å². The van der Waals surface area contributed by atoms with Gasteiger partial charge in [0.2, 0.25) is 0 Å². The van der Waals surface area contributed by atoms with E-state index in [1.165, 1.54) is 24.4 Å². The third-order valence-corrected chi connectivity index (χ3v) is 3.03. The molecule has 21 heavy (non-hydrogen) atoms. The molecule has 8 heteroatoms. The molecular weight excluding hydrogens is 351 g/mol. The van der Waals surface area contributed by atoms with E-state index < -0.39 is 17.6 Å². The first-order valence-corrected chi connectivity index (χ1v) is 6.46. The Morgan fingerprint density at radius 1 is 1.24 bits per heavy atom. The number of pyridine rings is 1. The first kappa shape index (κ1) is 15.3. The molecule has 4 nitrogen and oxygen atoms in total. The minimum absolute atomic E-state index is 0.0302. The Balaban J connectivity index is 2.18. The van der Waals surface area contributed by atoms with Crippen molar-refractivity contribution in [2.45, 2.75) is 6.18 Å². The number of aromatic nitrogens is 1. The largest absolute Gasteiger partial charge is 0.416 e. The molecule has 0 atom stereocenters. The summed E-state index contributed by atoms with van der Waals surface area (Å²) in [6.07, 6.45) is -2.98. The van der Waals surface area contributed by atoms with Gasteiger partial charge >= 0.3 is 6.18 Å². The number of hydrogen-bond acceptors (Lipinski definition) is 3. The molecule has 2 rings (SSSR count). The normalized spacial score (nSPS) is 11.2. The fourth-order valence-electron chi connectivity index (χ4n) is 1.57. The Labute approximate surface area is 126 Å². The molecule has 0 aliphatic heterocycles. The van der Waals surface area contributed by atoms with E-state index in [2.05, 4.69) is 26.2 Å². The minimum Gasteiger partial charge on any atom is -0.383 e. The summed E-state index contributed by atoms with van der Waals surface area (Å²) in [5.74, 6) is -0.524. The van der Waals surface area contributed by atoms with Crippen LogP contribution in [0.3, 0.4) is 0 Å². The van der Waals surface area contributed by atoms with Crippen LogP contribution in [0.5, 0.6) is 0 Å². The predicted octanol–water partition coefficient (Wildman–Crippen LogP) is 3.70. The van der Waals surface area contributed by atoms with Crippen LogP contribution in [-0.4, -0.2) is 10.9 Å². The van der Waals surface area contributed by atoms with Crippen molar-refractivity contribution < 1.29 is 18.0 Å². The molecule has 1 heterocycles. The maximum absolute atomic E-state index is 12.4. The Bertz CT molecular complexity index is 671. The van der Waals surface area contributed by atoms with Gasteiger partial charge in [-0.15, -0.1) is 0 Å². The summed E-state index contributed by atoms with van der Waals surface area (Å²) < 4.78 is 37.8. The van der Waals surface area contributed by atoms with Crippen LogP contribution in [0.2, 0.25) is 0 Å². The van der Waals surface area contributed by atoms with Crippen molar-refractivity contribution in [3.05, 3.63) is 52.1 Å². The zero-order valence-corrected chi connectivity index (χ0v) is 12.0. The molecule has 3 N–H and O–H groups in total. The van der Waals surface area contributed by atoms with Crippen molar-refractivity contribution in [3.63, 3.8) is 0 Å². The lowest BCUT2D eigenvalue weighted by Crippen LogP contribution is -2.15. The Morgan fingerprint density at radius 2 is 1.86 bits per heavy atom. The van der Waals surface area contributed by atoms with Crippen LogP contribution in [0.15, 0.2) is 41.0 Å². The smallest absolute Gasteiger partial charge is 0.383 e. The average Bonchev–Trinajstić information content (AvgIpc) is 2.41.